The van der Waals surface area contributed by atoms with E-state index in [0.717, 1.165) is 23.1 Å². The molecule has 2 heteroatoms. The number of fused-ring (bicyclic) bond motifs is 1. The SMILES string of the molecule is CC(=O)C1(C(C)=O)[C@H]2[C@@H](C=C(c3ccccc3)c3ccccc3)C=CC[C@H]21. The lowest BCUT2D eigenvalue weighted by Crippen LogP contribution is -2.26. The van der Waals surface area contributed by atoms with Crippen LogP contribution in [0.15, 0.2) is 78.9 Å². The highest BCUT2D eigenvalue weighted by molar-refractivity contribution is 6.09. The van der Waals surface area contributed by atoms with Gasteiger partial charge in [0.15, 0.2) is 0 Å². The van der Waals surface area contributed by atoms with E-state index in [2.05, 4.69) is 42.5 Å². The van der Waals surface area contributed by atoms with Crippen LogP contribution in [0.3, 0.4) is 0 Å². The van der Waals surface area contributed by atoms with Gasteiger partial charge in [-0.05, 0) is 48.8 Å². The lowest BCUT2D eigenvalue weighted by Gasteiger charge is -2.17. The van der Waals surface area contributed by atoms with Crippen LogP contribution in [-0.4, -0.2) is 11.6 Å². The van der Waals surface area contributed by atoms with Crippen LogP contribution < -0.4 is 0 Å². The molecule has 2 aliphatic rings. The number of carbonyl (C=O) groups is 2. The van der Waals surface area contributed by atoms with E-state index >= 15 is 0 Å². The number of hydrogen-bond donors (Lipinski definition) is 0. The van der Waals surface area contributed by atoms with Gasteiger partial charge >= 0.3 is 0 Å². The van der Waals surface area contributed by atoms with Crippen LogP contribution in [0.5, 0.6) is 0 Å². The third-order valence-corrected chi connectivity index (χ3v) is 6.29. The second-order valence-corrected chi connectivity index (χ2v) is 7.67. The summed E-state index contributed by atoms with van der Waals surface area (Å²) in [6.45, 7) is 3.16. The minimum Gasteiger partial charge on any atom is -0.299 e. The number of Topliss-reactive ketones (excluding diaryl/α,β-unsaturated/α-hetero) is 2. The molecule has 0 unspecified atom stereocenters. The van der Waals surface area contributed by atoms with Crippen molar-refractivity contribution in [3.05, 3.63) is 90.0 Å². The lowest BCUT2D eigenvalue weighted by molar-refractivity contribution is -0.133. The molecule has 0 aromatic heterocycles. The van der Waals surface area contributed by atoms with Gasteiger partial charge in [-0.1, -0.05) is 78.9 Å². The van der Waals surface area contributed by atoms with E-state index in [0.29, 0.717) is 0 Å². The summed E-state index contributed by atoms with van der Waals surface area (Å²) in [6, 6.07) is 20.6. The number of hydrogen-bond acceptors (Lipinski definition) is 2. The van der Waals surface area contributed by atoms with Gasteiger partial charge in [0.05, 0.1) is 5.41 Å². The van der Waals surface area contributed by atoms with Gasteiger partial charge in [-0.3, -0.25) is 9.59 Å². The molecular formula is C25H24O2. The monoisotopic (exact) mass is 356 g/mol. The van der Waals surface area contributed by atoms with Crippen LogP contribution in [0.25, 0.3) is 5.57 Å². The van der Waals surface area contributed by atoms with Gasteiger partial charge in [-0.25, -0.2) is 0 Å². The summed E-state index contributed by atoms with van der Waals surface area (Å²) in [5, 5.41) is 0. The molecule has 3 atom stereocenters. The third kappa shape index (κ3) is 2.80. The molecular weight excluding hydrogens is 332 g/mol. The van der Waals surface area contributed by atoms with Crippen LogP contribution in [0, 0.1) is 23.2 Å². The first-order valence-electron chi connectivity index (χ1n) is 9.58. The molecule has 2 nitrogen and oxygen atoms in total. The fourth-order valence-electron chi connectivity index (χ4n) is 5.08. The maximum absolute atomic E-state index is 12.4. The molecule has 1 saturated carbocycles. The molecule has 2 aromatic carbocycles. The first-order chi connectivity index (χ1) is 13.1. The predicted molar refractivity (Wildman–Crippen MR) is 108 cm³/mol. The minimum atomic E-state index is -0.789. The second kappa shape index (κ2) is 6.77. The van der Waals surface area contributed by atoms with Crippen molar-refractivity contribution in [2.24, 2.45) is 23.2 Å². The van der Waals surface area contributed by atoms with Crippen LogP contribution in [0.2, 0.25) is 0 Å². The lowest BCUT2D eigenvalue weighted by atomic mass is 9.85. The Morgan fingerprint density at radius 1 is 0.889 bits per heavy atom. The molecule has 0 amide bonds. The van der Waals surface area contributed by atoms with Crippen molar-refractivity contribution in [3.63, 3.8) is 0 Å². The van der Waals surface area contributed by atoms with E-state index in [1.165, 1.54) is 0 Å². The summed E-state index contributed by atoms with van der Waals surface area (Å²) >= 11 is 0. The Balaban J connectivity index is 1.79. The second-order valence-electron chi connectivity index (χ2n) is 7.67. The Hall–Kier alpha value is -2.74. The minimum absolute atomic E-state index is 0.0214. The van der Waals surface area contributed by atoms with Crippen molar-refractivity contribution in [1.29, 1.82) is 0 Å². The highest BCUT2D eigenvalue weighted by Crippen LogP contribution is 2.67. The predicted octanol–water partition coefficient (Wildman–Crippen LogP) is 5.10. The summed E-state index contributed by atoms with van der Waals surface area (Å²) in [4.78, 5) is 24.9. The molecule has 0 saturated heterocycles. The Bertz CT molecular complexity index is 866. The Morgan fingerprint density at radius 2 is 1.41 bits per heavy atom. The van der Waals surface area contributed by atoms with Crippen molar-refractivity contribution in [2.75, 3.05) is 0 Å². The van der Waals surface area contributed by atoms with E-state index in [4.69, 9.17) is 0 Å². The van der Waals surface area contributed by atoms with E-state index in [1.54, 1.807) is 13.8 Å². The van der Waals surface area contributed by atoms with Gasteiger partial charge in [0.2, 0.25) is 0 Å². The molecule has 1 fully saturated rings. The summed E-state index contributed by atoms with van der Waals surface area (Å²) in [6.07, 6.45) is 7.40. The first kappa shape index (κ1) is 17.7. The standard InChI is InChI=1S/C25H24O2/c1-17(26)25(18(2)27)23-15-9-14-21(24(23)25)16-22(19-10-5-3-6-11-19)20-12-7-4-8-13-20/h3-14,16,21,23-24H,15H2,1-2H3/t21-,23-,24+/m1/s1. The molecule has 0 N–H and O–H groups in total. The van der Waals surface area contributed by atoms with Crippen LogP contribution in [-0.2, 0) is 9.59 Å². The Labute approximate surface area is 160 Å². The first-order valence-corrected chi connectivity index (χ1v) is 9.58. The van der Waals surface area contributed by atoms with E-state index < -0.39 is 5.41 Å². The zero-order chi connectivity index (χ0) is 19.0. The quantitative estimate of drug-likeness (QED) is 0.551. The van der Waals surface area contributed by atoms with E-state index in [-0.39, 0.29) is 29.3 Å². The molecule has 0 bridgehead atoms. The molecule has 2 aliphatic carbocycles. The molecule has 0 spiro atoms. The van der Waals surface area contributed by atoms with Gasteiger partial charge in [0.25, 0.3) is 0 Å². The van der Waals surface area contributed by atoms with Crippen molar-refractivity contribution >= 4 is 17.1 Å². The Kier molecular flexibility index (Phi) is 4.43. The largest absolute Gasteiger partial charge is 0.299 e. The maximum Gasteiger partial charge on any atom is 0.143 e. The Morgan fingerprint density at radius 3 is 1.89 bits per heavy atom. The normalized spacial score (nSPS) is 24.6. The average Bonchev–Trinajstić information content (AvgIpc) is 3.39. The van der Waals surface area contributed by atoms with E-state index in [1.807, 2.05) is 36.4 Å². The fourth-order valence-corrected chi connectivity index (χ4v) is 5.08. The van der Waals surface area contributed by atoms with Gasteiger partial charge < -0.3 is 0 Å². The van der Waals surface area contributed by atoms with Crippen LogP contribution in [0.4, 0.5) is 0 Å². The van der Waals surface area contributed by atoms with Crippen molar-refractivity contribution < 1.29 is 9.59 Å². The van der Waals surface area contributed by atoms with Crippen LogP contribution >= 0.6 is 0 Å². The summed E-state index contributed by atoms with van der Waals surface area (Å²) in [5.41, 5.74) is 2.66. The zero-order valence-electron chi connectivity index (χ0n) is 15.8. The number of ketones is 2. The van der Waals surface area contributed by atoms with Gasteiger partial charge in [0, 0.05) is 5.92 Å². The molecule has 136 valence electrons. The van der Waals surface area contributed by atoms with E-state index in [9.17, 15) is 9.59 Å². The van der Waals surface area contributed by atoms with Crippen molar-refractivity contribution in [2.45, 2.75) is 20.3 Å². The highest BCUT2D eigenvalue weighted by Gasteiger charge is 2.72. The average molecular weight is 356 g/mol. The molecule has 2 aromatic rings. The summed E-state index contributed by atoms with van der Waals surface area (Å²) < 4.78 is 0. The van der Waals surface area contributed by atoms with Gasteiger partial charge in [0.1, 0.15) is 11.6 Å². The number of benzene rings is 2. The molecule has 0 aliphatic heterocycles. The topological polar surface area (TPSA) is 34.1 Å². The number of carbonyl (C=O) groups excluding carboxylic acids is 2. The smallest absolute Gasteiger partial charge is 0.143 e. The summed E-state index contributed by atoms with van der Waals surface area (Å²) in [7, 11) is 0. The zero-order valence-corrected chi connectivity index (χ0v) is 15.8. The highest BCUT2D eigenvalue weighted by atomic mass is 16.2. The number of allylic oxidation sites excluding steroid dienone is 3. The van der Waals surface area contributed by atoms with Crippen molar-refractivity contribution in [3.8, 4) is 0 Å². The molecule has 27 heavy (non-hydrogen) atoms. The van der Waals surface area contributed by atoms with Gasteiger partial charge in [-0.2, -0.15) is 0 Å². The number of rotatable bonds is 5. The van der Waals surface area contributed by atoms with Crippen LogP contribution in [0.1, 0.15) is 31.4 Å². The third-order valence-electron chi connectivity index (χ3n) is 6.29. The van der Waals surface area contributed by atoms with Gasteiger partial charge in [-0.15, -0.1) is 0 Å². The fraction of sp³-hybridized carbons (Fsp3) is 0.280. The molecule has 4 rings (SSSR count). The molecule has 0 radical (unpaired) electrons. The molecule has 0 heterocycles. The summed E-state index contributed by atoms with van der Waals surface area (Å²) in [5.74, 6) is 0.361. The maximum atomic E-state index is 12.4. The van der Waals surface area contributed by atoms with Crippen molar-refractivity contribution in [1.82, 2.24) is 0 Å².